The van der Waals surface area contributed by atoms with E-state index in [2.05, 4.69) is 4.74 Å². The van der Waals surface area contributed by atoms with E-state index in [0.717, 1.165) is 0 Å². The van der Waals surface area contributed by atoms with E-state index in [0.29, 0.717) is 19.3 Å². The number of carbonyl (C=O) groups is 2. The van der Waals surface area contributed by atoms with Gasteiger partial charge in [-0.3, -0.25) is 9.59 Å². The molecule has 3 N–H and O–H groups in total. The zero-order valence-corrected chi connectivity index (χ0v) is 7.49. The van der Waals surface area contributed by atoms with Crippen molar-refractivity contribution in [3.05, 3.63) is 0 Å². The number of ether oxygens (including phenoxy) is 1. The average molecular weight is 189 g/mol. The lowest BCUT2D eigenvalue weighted by atomic mass is 10.2. The second-order valence-corrected chi connectivity index (χ2v) is 2.62. The number of nitrogens with two attached hydrogens (primary N) is 1. The predicted octanol–water partition coefficient (Wildman–Crippen LogP) is -0.432. The molecule has 76 valence electrons. The SMILES string of the molecule is NC(=O)CCCCC(=O)OCCO. The summed E-state index contributed by atoms with van der Waals surface area (Å²) in [6.07, 6.45) is 1.76. The van der Waals surface area contributed by atoms with Gasteiger partial charge in [-0.15, -0.1) is 0 Å². The Balaban J connectivity index is 3.22. The van der Waals surface area contributed by atoms with Gasteiger partial charge in [-0.05, 0) is 12.8 Å². The van der Waals surface area contributed by atoms with Gasteiger partial charge >= 0.3 is 5.97 Å². The molecule has 0 rings (SSSR count). The second kappa shape index (κ2) is 7.54. The number of rotatable bonds is 7. The van der Waals surface area contributed by atoms with Gasteiger partial charge < -0.3 is 15.6 Å². The first-order chi connectivity index (χ1) is 6.16. The van der Waals surface area contributed by atoms with Crippen molar-refractivity contribution in [2.75, 3.05) is 13.2 Å². The van der Waals surface area contributed by atoms with Crippen molar-refractivity contribution >= 4 is 11.9 Å². The Morgan fingerprint density at radius 1 is 1.23 bits per heavy atom. The Morgan fingerprint density at radius 2 is 1.85 bits per heavy atom. The first-order valence-electron chi connectivity index (χ1n) is 4.21. The van der Waals surface area contributed by atoms with Crippen LogP contribution in [-0.2, 0) is 14.3 Å². The maximum absolute atomic E-state index is 10.8. The van der Waals surface area contributed by atoms with Gasteiger partial charge in [-0.25, -0.2) is 0 Å². The molecule has 5 heteroatoms. The second-order valence-electron chi connectivity index (χ2n) is 2.62. The Labute approximate surface area is 76.9 Å². The number of hydrogen-bond acceptors (Lipinski definition) is 4. The lowest BCUT2D eigenvalue weighted by Gasteiger charge is -2.01. The molecule has 0 radical (unpaired) electrons. The molecule has 0 spiro atoms. The van der Waals surface area contributed by atoms with Crippen molar-refractivity contribution < 1.29 is 19.4 Å². The molecule has 0 aromatic heterocycles. The van der Waals surface area contributed by atoms with Crippen LogP contribution in [0, 0.1) is 0 Å². The quantitative estimate of drug-likeness (QED) is 0.420. The molecule has 0 aliphatic heterocycles. The number of unbranched alkanes of at least 4 members (excludes halogenated alkanes) is 1. The van der Waals surface area contributed by atoms with E-state index >= 15 is 0 Å². The summed E-state index contributed by atoms with van der Waals surface area (Å²) < 4.78 is 4.59. The fourth-order valence-electron chi connectivity index (χ4n) is 0.800. The number of aliphatic hydroxyl groups excluding tert-OH is 1. The van der Waals surface area contributed by atoms with Crippen molar-refractivity contribution in [3.8, 4) is 0 Å². The lowest BCUT2D eigenvalue weighted by Crippen LogP contribution is -2.11. The van der Waals surface area contributed by atoms with Gasteiger partial charge in [-0.2, -0.15) is 0 Å². The molecule has 0 aromatic carbocycles. The molecule has 0 fully saturated rings. The highest BCUT2D eigenvalue weighted by molar-refractivity contribution is 5.73. The van der Waals surface area contributed by atoms with Gasteiger partial charge in [0.15, 0.2) is 0 Å². The Bertz CT molecular complexity index is 170. The summed E-state index contributed by atoms with van der Waals surface area (Å²) in [4.78, 5) is 21.1. The van der Waals surface area contributed by atoms with Crippen LogP contribution in [0.5, 0.6) is 0 Å². The molecule has 0 heterocycles. The van der Waals surface area contributed by atoms with E-state index in [9.17, 15) is 9.59 Å². The number of esters is 1. The number of aliphatic hydroxyl groups is 1. The van der Waals surface area contributed by atoms with Gasteiger partial charge in [-0.1, -0.05) is 0 Å². The monoisotopic (exact) mass is 189 g/mol. The van der Waals surface area contributed by atoms with E-state index in [1.54, 1.807) is 0 Å². The van der Waals surface area contributed by atoms with Crippen LogP contribution in [0.1, 0.15) is 25.7 Å². The van der Waals surface area contributed by atoms with Crippen molar-refractivity contribution in [2.45, 2.75) is 25.7 Å². The maximum Gasteiger partial charge on any atom is 0.305 e. The van der Waals surface area contributed by atoms with E-state index in [-0.39, 0.29) is 31.5 Å². The zero-order valence-electron chi connectivity index (χ0n) is 7.49. The van der Waals surface area contributed by atoms with E-state index in [1.807, 2.05) is 0 Å². The summed E-state index contributed by atoms with van der Waals surface area (Å²) in [6.45, 7) is -0.123. The average Bonchev–Trinajstić information content (AvgIpc) is 2.08. The van der Waals surface area contributed by atoms with E-state index in [4.69, 9.17) is 10.8 Å². The van der Waals surface area contributed by atoms with Crippen LogP contribution in [-0.4, -0.2) is 30.2 Å². The number of amides is 1. The third kappa shape index (κ3) is 8.81. The van der Waals surface area contributed by atoms with Gasteiger partial charge in [0.2, 0.25) is 5.91 Å². The van der Waals surface area contributed by atoms with Gasteiger partial charge in [0.05, 0.1) is 6.61 Å². The number of carbonyl (C=O) groups excluding carboxylic acids is 2. The summed E-state index contributed by atoms with van der Waals surface area (Å²) in [5.41, 5.74) is 4.90. The molecule has 0 atom stereocenters. The first-order valence-corrected chi connectivity index (χ1v) is 4.21. The molecule has 0 aromatic rings. The highest BCUT2D eigenvalue weighted by Crippen LogP contribution is 2.00. The Morgan fingerprint density at radius 3 is 2.38 bits per heavy atom. The van der Waals surface area contributed by atoms with Crippen LogP contribution < -0.4 is 5.73 Å². The topological polar surface area (TPSA) is 89.6 Å². The van der Waals surface area contributed by atoms with Crippen LogP contribution >= 0.6 is 0 Å². The van der Waals surface area contributed by atoms with Crippen molar-refractivity contribution in [1.82, 2.24) is 0 Å². The summed E-state index contributed by atoms with van der Waals surface area (Å²) >= 11 is 0. The summed E-state index contributed by atoms with van der Waals surface area (Å²) in [5.74, 6) is -0.706. The van der Waals surface area contributed by atoms with E-state index < -0.39 is 0 Å². The zero-order chi connectivity index (χ0) is 10.1. The van der Waals surface area contributed by atoms with Crippen LogP contribution in [0.15, 0.2) is 0 Å². The molecule has 0 unspecified atom stereocenters. The van der Waals surface area contributed by atoms with Crippen LogP contribution in [0.3, 0.4) is 0 Å². The normalized spacial score (nSPS) is 9.62. The molecule has 5 nitrogen and oxygen atoms in total. The number of primary amides is 1. The predicted molar refractivity (Wildman–Crippen MR) is 45.7 cm³/mol. The maximum atomic E-state index is 10.8. The van der Waals surface area contributed by atoms with Crippen LogP contribution in [0.25, 0.3) is 0 Å². The van der Waals surface area contributed by atoms with Gasteiger partial charge in [0.1, 0.15) is 6.61 Å². The lowest BCUT2D eigenvalue weighted by molar-refractivity contribution is -0.144. The smallest absolute Gasteiger partial charge is 0.305 e. The third-order valence-electron chi connectivity index (χ3n) is 1.41. The van der Waals surface area contributed by atoms with Crippen LogP contribution in [0.2, 0.25) is 0 Å². The molecule has 13 heavy (non-hydrogen) atoms. The fraction of sp³-hybridized carbons (Fsp3) is 0.750. The minimum Gasteiger partial charge on any atom is -0.463 e. The highest BCUT2D eigenvalue weighted by atomic mass is 16.5. The van der Waals surface area contributed by atoms with E-state index in [1.165, 1.54) is 0 Å². The molecule has 1 amide bonds. The molecule has 0 aliphatic rings. The van der Waals surface area contributed by atoms with Crippen molar-refractivity contribution in [3.63, 3.8) is 0 Å². The Hall–Kier alpha value is -1.10. The summed E-state index contributed by atoms with van der Waals surface area (Å²) in [5, 5.41) is 8.32. The third-order valence-corrected chi connectivity index (χ3v) is 1.41. The molecule has 0 saturated heterocycles. The number of hydrogen-bond donors (Lipinski definition) is 2. The van der Waals surface area contributed by atoms with Crippen molar-refractivity contribution in [2.24, 2.45) is 5.73 Å². The van der Waals surface area contributed by atoms with Crippen LogP contribution in [0.4, 0.5) is 0 Å². The molecule has 0 bridgehead atoms. The molecular weight excluding hydrogens is 174 g/mol. The largest absolute Gasteiger partial charge is 0.463 e. The standard InChI is InChI=1S/C8H15NO4/c9-7(11)3-1-2-4-8(12)13-6-5-10/h10H,1-6H2,(H2,9,11). The van der Waals surface area contributed by atoms with Crippen molar-refractivity contribution in [1.29, 1.82) is 0 Å². The Kier molecular flexibility index (Phi) is 6.91. The summed E-state index contributed by atoms with van der Waals surface area (Å²) in [6, 6.07) is 0. The minimum absolute atomic E-state index is 0.0364. The highest BCUT2D eigenvalue weighted by Gasteiger charge is 2.02. The molecule has 0 aliphatic carbocycles. The first kappa shape index (κ1) is 11.9. The fourth-order valence-corrected chi connectivity index (χ4v) is 0.800. The van der Waals surface area contributed by atoms with Gasteiger partial charge in [0, 0.05) is 12.8 Å². The molecular formula is C8H15NO4. The summed E-state index contributed by atoms with van der Waals surface area (Å²) in [7, 11) is 0. The van der Waals surface area contributed by atoms with Gasteiger partial charge in [0.25, 0.3) is 0 Å². The minimum atomic E-state index is -0.358. The molecule has 0 saturated carbocycles.